The van der Waals surface area contributed by atoms with Gasteiger partial charge in [0.2, 0.25) is 0 Å². The molecule has 0 spiro atoms. The maximum atomic E-state index is 13.8. The van der Waals surface area contributed by atoms with Crippen LogP contribution >= 0.6 is 0 Å². The van der Waals surface area contributed by atoms with Crippen LogP contribution in [-0.4, -0.2) is 28.9 Å². The van der Waals surface area contributed by atoms with Crippen LogP contribution in [0.4, 0.5) is 13.2 Å². The van der Waals surface area contributed by atoms with Gasteiger partial charge < -0.3 is 14.6 Å². The van der Waals surface area contributed by atoms with Gasteiger partial charge in [-0.05, 0) is 55.3 Å². The van der Waals surface area contributed by atoms with Crippen molar-refractivity contribution in [3.63, 3.8) is 0 Å². The monoisotopic (exact) mass is 482 g/mol. The fraction of sp³-hybridized carbons (Fsp3) is 0.222. The van der Waals surface area contributed by atoms with Crippen molar-refractivity contribution >= 4 is 0 Å². The van der Waals surface area contributed by atoms with E-state index in [0.717, 1.165) is 17.2 Å². The van der Waals surface area contributed by atoms with Crippen LogP contribution in [0.3, 0.4) is 0 Å². The number of rotatable bonds is 6. The molecule has 4 rings (SSSR count). The molecule has 1 aromatic heterocycles. The number of methoxy groups -OCH3 is 2. The molecule has 0 unspecified atom stereocenters. The number of benzene rings is 3. The molecular formula is C27H25F3N2O3. The van der Waals surface area contributed by atoms with E-state index in [2.05, 4.69) is 4.98 Å². The zero-order chi connectivity index (χ0) is 25.4. The molecule has 5 nitrogen and oxygen atoms in total. The zero-order valence-corrected chi connectivity index (χ0v) is 19.7. The highest BCUT2D eigenvalue weighted by Crippen LogP contribution is 2.38. The Morgan fingerprint density at radius 2 is 1.46 bits per heavy atom. The van der Waals surface area contributed by atoms with Crippen molar-refractivity contribution in [2.45, 2.75) is 25.6 Å². The molecule has 0 radical (unpaired) electrons. The molecule has 8 heteroatoms. The number of nitrogens with zero attached hydrogens (tertiary/aromatic N) is 2. The maximum Gasteiger partial charge on any atom is 0.417 e. The van der Waals surface area contributed by atoms with Crippen molar-refractivity contribution in [2.24, 2.45) is 0 Å². The van der Waals surface area contributed by atoms with E-state index in [1.165, 1.54) is 18.2 Å². The number of aromatic nitrogens is 2. The Hall–Kier alpha value is -3.78. The van der Waals surface area contributed by atoms with E-state index in [1.807, 2.05) is 24.3 Å². The number of halogens is 3. The summed E-state index contributed by atoms with van der Waals surface area (Å²) in [5.74, 6) is 1.29. The van der Waals surface area contributed by atoms with Crippen LogP contribution in [0.15, 0.2) is 72.9 Å². The highest BCUT2D eigenvalue weighted by Gasteiger charge is 2.35. The first-order valence-electron chi connectivity index (χ1n) is 10.8. The summed E-state index contributed by atoms with van der Waals surface area (Å²) >= 11 is 0. The van der Waals surface area contributed by atoms with Crippen molar-refractivity contribution < 1.29 is 27.8 Å². The summed E-state index contributed by atoms with van der Waals surface area (Å²) in [6.07, 6.45) is -2.99. The summed E-state index contributed by atoms with van der Waals surface area (Å²) in [6, 6.07) is 18.1. The highest BCUT2D eigenvalue weighted by atomic mass is 19.4. The second-order valence-electron chi connectivity index (χ2n) is 8.54. The molecule has 0 saturated heterocycles. The first kappa shape index (κ1) is 24.3. The maximum absolute atomic E-state index is 13.8. The molecule has 0 bridgehead atoms. The van der Waals surface area contributed by atoms with E-state index in [9.17, 15) is 18.3 Å². The number of ether oxygens (including phenoxy) is 2. The Balaban J connectivity index is 1.82. The van der Waals surface area contributed by atoms with E-state index >= 15 is 0 Å². The Kier molecular flexibility index (Phi) is 6.34. The van der Waals surface area contributed by atoms with E-state index in [0.29, 0.717) is 17.2 Å². The molecule has 0 saturated carbocycles. The lowest BCUT2D eigenvalue weighted by Gasteiger charge is -2.14. The third-order valence-electron chi connectivity index (χ3n) is 5.67. The van der Waals surface area contributed by atoms with Crippen molar-refractivity contribution in [3.05, 3.63) is 84.2 Å². The average molecular weight is 483 g/mol. The lowest BCUT2D eigenvalue weighted by Crippen LogP contribution is -2.15. The van der Waals surface area contributed by atoms with Gasteiger partial charge in [0.05, 0.1) is 25.5 Å². The van der Waals surface area contributed by atoms with Gasteiger partial charge in [-0.1, -0.05) is 36.4 Å². The summed E-state index contributed by atoms with van der Waals surface area (Å²) in [7, 11) is 3.12. The summed E-state index contributed by atoms with van der Waals surface area (Å²) in [5, 5.41) is 10.5. The second kappa shape index (κ2) is 9.11. The third-order valence-corrected chi connectivity index (χ3v) is 5.67. The minimum atomic E-state index is -4.56. The van der Waals surface area contributed by atoms with Gasteiger partial charge in [-0.3, -0.25) is 4.57 Å². The summed E-state index contributed by atoms with van der Waals surface area (Å²) in [6.45, 7) is 3.08. The lowest BCUT2D eigenvalue weighted by atomic mass is 10.0. The molecule has 182 valence electrons. The predicted molar refractivity (Wildman–Crippen MR) is 128 cm³/mol. The summed E-state index contributed by atoms with van der Waals surface area (Å²) in [5.41, 5.74) is 0.426. The van der Waals surface area contributed by atoms with Crippen LogP contribution in [0.1, 0.15) is 25.1 Å². The normalized spacial score (nSPS) is 12.0. The second-order valence-corrected chi connectivity index (χ2v) is 8.54. The molecule has 3 aromatic carbocycles. The van der Waals surface area contributed by atoms with Crippen LogP contribution < -0.4 is 9.47 Å². The zero-order valence-electron chi connectivity index (χ0n) is 19.7. The van der Waals surface area contributed by atoms with Gasteiger partial charge in [0.15, 0.2) is 11.5 Å². The smallest absolute Gasteiger partial charge is 0.417 e. The fourth-order valence-corrected chi connectivity index (χ4v) is 3.82. The largest absolute Gasteiger partial charge is 0.493 e. The number of hydrogen-bond donors (Lipinski definition) is 1. The van der Waals surface area contributed by atoms with Gasteiger partial charge in [-0.2, -0.15) is 13.2 Å². The third kappa shape index (κ3) is 4.88. The Morgan fingerprint density at radius 3 is 2.06 bits per heavy atom. The molecule has 1 heterocycles. The van der Waals surface area contributed by atoms with Crippen LogP contribution in [0.25, 0.3) is 28.2 Å². The SMILES string of the molecule is COc1ccc(-c2ccc(-n3cc(C(C)(C)O)nc3-c3ccccc3C(F)(F)F)cc2)cc1OC. The number of alkyl halides is 3. The van der Waals surface area contributed by atoms with Crippen molar-refractivity contribution in [1.82, 2.24) is 9.55 Å². The molecule has 0 fully saturated rings. The van der Waals surface area contributed by atoms with Crippen LogP contribution in [-0.2, 0) is 11.8 Å². The molecule has 0 aliphatic rings. The quantitative estimate of drug-likeness (QED) is 0.342. The van der Waals surface area contributed by atoms with E-state index in [4.69, 9.17) is 9.47 Å². The molecule has 0 atom stereocenters. The first-order valence-corrected chi connectivity index (χ1v) is 10.8. The summed E-state index contributed by atoms with van der Waals surface area (Å²) in [4.78, 5) is 4.41. The van der Waals surface area contributed by atoms with Crippen LogP contribution in [0.2, 0.25) is 0 Å². The van der Waals surface area contributed by atoms with Gasteiger partial charge >= 0.3 is 6.18 Å². The van der Waals surface area contributed by atoms with E-state index in [1.54, 1.807) is 57.0 Å². The number of aliphatic hydroxyl groups is 1. The van der Waals surface area contributed by atoms with Gasteiger partial charge in [0.1, 0.15) is 11.4 Å². The van der Waals surface area contributed by atoms with Gasteiger partial charge in [0.25, 0.3) is 0 Å². The molecular weight excluding hydrogens is 457 g/mol. The predicted octanol–water partition coefficient (Wildman–Crippen LogP) is 6.47. The number of imidazole rings is 1. The van der Waals surface area contributed by atoms with Crippen LogP contribution in [0.5, 0.6) is 11.5 Å². The minimum Gasteiger partial charge on any atom is -0.493 e. The molecule has 1 N–H and O–H groups in total. The van der Waals surface area contributed by atoms with Gasteiger partial charge in [-0.25, -0.2) is 4.98 Å². The molecule has 4 aromatic rings. The van der Waals surface area contributed by atoms with Crippen molar-refractivity contribution in [2.75, 3.05) is 14.2 Å². The Bertz CT molecular complexity index is 1340. The Labute approximate surface area is 201 Å². The molecule has 35 heavy (non-hydrogen) atoms. The average Bonchev–Trinajstić information content (AvgIpc) is 3.29. The lowest BCUT2D eigenvalue weighted by molar-refractivity contribution is -0.137. The fourth-order valence-electron chi connectivity index (χ4n) is 3.82. The Morgan fingerprint density at radius 1 is 0.829 bits per heavy atom. The number of hydrogen-bond acceptors (Lipinski definition) is 4. The molecule has 0 aliphatic carbocycles. The standard InChI is InChI=1S/C27H25F3N2O3/c1-26(2,33)24-16-32(25(31-24)20-7-5-6-8-21(20)27(28,29)30)19-12-9-17(10-13-19)18-11-14-22(34-3)23(15-18)35-4/h5-16,33H,1-4H3. The molecule has 0 aliphatic heterocycles. The first-order chi connectivity index (χ1) is 16.5. The van der Waals surface area contributed by atoms with Crippen LogP contribution in [0, 0.1) is 0 Å². The molecule has 0 amide bonds. The minimum absolute atomic E-state index is 0.0699. The van der Waals surface area contributed by atoms with E-state index in [-0.39, 0.29) is 17.1 Å². The summed E-state index contributed by atoms with van der Waals surface area (Å²) < 4.78 is 53.5. The topological polar surface area (TPSA) is 56.5 Å². The highest BCUT2D eigenvalue weighted by molar-refractivity contribution is 5.69. The van der Waals surface area contributed by atoms with Gasteiger partial charge in [-0.15, -0.1) is 0 Å². The van der Waals surface area contributed by atoms with Crippen molar-refractivity contribution in [1.29, 1.82) is 0 Å². The van der Waals surface area contributed by atoms with Crippen molar-refractivity contribution in [3.8, 4) is 39.7 Å². The van der Waals surface area contributed by atoms with Gasteiger partial charge in [0, 0.05) is 17.4 Å². The van der Waals surface area contributed by atoms with E-state index < -0.39 is 17.3 Å².